The summed E-state index contributed by atoms with van der Waals surface area (Å²) < 4.78 is 10.4. The van der Waals surface area contributed by atoms with Crippen LogP contribution in [0.1, 0.15) is 24.8 Å². The molecule has 0 spiro atoms. The van der Waals surface area contributed by atoms with Crippen LogP contribution in [-0.2, 0) is 20.7 Å². The molecule has 158 valence electrons. The fourth-order valence-corrected chi connectivity index (χ4v) is 3.11. The fraction of sp³-hybridized carbons (Fsp3) is 0.318. The minimum absolute atomic E-state index is 0.0345. The number of nitrogens with one attached hydrogen (secondary N) is 2. The highest BCUT2D eigenvalue weighted by molar-refractivity contribution is 5.94. The van der Waals surface area contributed by atoms with E-state index in [4.69, 9.17) is 4.74 Å². The van der Waals surface area contributed by atoms with E-state index in [2.05, 4.69) is 15.4 Å². The minimum atomic E-state index is -0.463. The Morgan fingerprint density at radius 1 is 1.13 bits per heavy atom. The number of hydrogen-bond donors (Lipinski definition) is 2. The normalized spacial score (nSPS) is 12.4. The van der Waals surface area contributed by atoms with E-state index < -0.39 is 6.09 Å². The van der Waals surface area contributed by atoms with Gasteiger partial charge in [0.2, 0.25) is 11.8 Å². The number of nitrogens with zero attached hydrogens (tertiary/aromatic N) is 1. The largest absolute Gasteiger partial charge is 0.494 e. The average molecular weight is 411 g/mol. The molecule has 0 saturated carbocycles. The molecule has 2 N–H and O–H groups in total. The van der Waals surface area contributed by atoms with Crippen molar-refractivity contribution in [3.63, 3.8) is 0 Å². The van der Waals surface area contributed by atoms with Gasteiger partial charge in [-0.2, -0.15) is 0 Å². The Morgan fingerprint density at radius 2 is 1.90 bits per heavy atom. The van der Waals surface area contributed by atoms with Crippen LogP contribution >= 0.6 is 0 Å². The molecule has 0 unspecified atom stereocenters. The van der Waals surface area contributed by atoms with E-state index in [-0.39, 0.29) is 11.8 Å². The molecular weight excluding hydrogens is 386 g/mol. The number of fused-ring (bicyclic) bond motifs is 1. The third-order valence-corrected chi connectivity index (χ3v) is 4.78. The number of hydrogen-bond acceptors (Lipinski definition) is 5. The molecule has 8 nitrogen and oxygen atoms in total. The van der Waals surface area contributed by atoms with Crippen molar-refractivity contribution in [3.05, 3.63) is 48.0 Å². The van der Waals surface area contributed by atoms with Crippen LogP contribution in [0.2, 0.25) is 0 Å². The summed E-state index contributed by atoms with van der Waals surface area (Å²) >= 11 is 0. The Kier molecular flexibility index (Phi) is 6.90. The zero-order valence-corrected chi connectivity index (χ0v) is 17.1. The first-order valence-corrected chi connectivity index (χ1v) is 9.73. The van der Waals surface area contributed by atoms with Gasteiger partial charge in [0.25, 0.3) is 0 Å². The van der Waals surface area contributed by atoms with Crippen LogP contribution in [0, 0.1) is 0 Å². The molecule has 3 amide bonds. The second-order valence-electron chi connectivity index (χ2n) is 6.94. The number of aryl methyl sites for hydroxylation is 1. The molecule has 0 fully saturated rings. The zero-order chi connectivity index (χ0) is 21.5. The minimum Gasteiger partial charge on any atom is -0.494 e. The highest BCUT2D eigenvalue weighted by Gasteiger charge is 2.15. The molecule has 0 bridgehead atoms. The second kappa shape index (κ2) is 9.78. The number of methoxy groups -OCH3 is 1. The van der Waals surface area contributed by atoms with Gasteiger partial charge in [-0.1, -0.05) is 0 Å². The topological polar surface area (TPSA) is 97.0 Å². The molecule has 2 aromatic carbocycles. The van der Waals surface area contributed by atoms with E-state index in [1.165, 1.54) is 12.0 Å². The van der Waals surface area contributed by atoms with Crippen LogP contribution in [0.4, 0.5) is 21.9 Å². The Hall–Kier alpha value is -3.55. The maximum Gasteiger partial charge on any atom is 0.413 e. The van der Waals surface area contributed by atoms with Gasteiger partial charge in [0.15, 0.2) is 0 Å². The van der Waals surface area contributed by atoms with Crippen LogP contribution < -0.4 is 20.3 Å². The van der Waals surface area contributed by atoms with Gasteiger partial charge in [0.05, 0.1) is 13.7 Å². The van der Waals surface area contributed by atoms with Gasteiger partial charge in [-0.15, -0.1) is 0 Å². The summed E-state index contributed by atoms with van der Waals surface area (Å²) in [5.41, 5.74) is 3.21. The number of anilines is 3. The number of carbonyl (C=O) groups excluding carboxylic acids is 3. The first kappa shape index (κ1) is 21.2. The summed E-state index contributed by atoms with van der Waals surface area (Å²) in [4.78, 5) is 36.4. The van der Waals surface area contributed by atoms with Crippen molar-refractivity contribution in [1.29, 1.82) is 0 Å². The summed E-state index contributed by atoms with van der Waals surface area (Å²) in [7, 11) is 2.93. The molecule has 8 heteroatoms. The van der Waals surface area contributed by atoms with Crippen LogP contribution in [0.3, 0.4) is 0 Å². The van der Waals surface area contributed by atoms with E-state index >= 15 is 0 Å². The predicted octanol–water partition coefficient (Wildman–Crippen LogP) is 3.57. The van der Waals surface area contributed by atoms with Crippen molar-refractivity contribution in [1.82, 2.24) is 0 Å². The van der Waals surface area contributed by atoms with Crippen molar-refractivity contribution < 1.29 is 23.9 Å². The molecule has 0 aromatic heterocycles. The number of ether oxygens (including phenoxy) is 2. The van der Waals surface area contributed by atoms with Crippen molar-refractivity contribution >= 4 is 35.0 Å². The molecule has 3 rings (SSSR count). The highest BCUT2D eigenvalue weighted by Crippen LogP contribution is 2.27. The number of rotatable bonds is 7. The summed E-state index contributed by atoms with van der Waals surface area (Å²) in [5.74, 6) is 0.656. The molecule has 0 saturated heterocycles. The molecule has 30 heavy (non-hydrogen) atoms. The lowest BCUT2D eigenvalue weighted by atomic mass is 10.0. The maximum absolute atomic E-state index is 12.1. The first-order chi connectivity index (χ1) is 14.5. The quantitative estimate of drug-likeness (QED) is 0.679. The van der Waals surface area contributed by atoms with E-state index in [9.17, 15) is 14.4 Å². The number of amides is 3. The Bertz CT molecular complexity index is 927. The summed E-state index contributed by atoms with van der Waals surface area (Å²) in [6.45, 7) is 0.418. The number of benzene rings is 2. The average Bonchev–Trinajstić information content (AvgIpc) is 2.76. The van der Waals surface area contributed by atoms with Crippen molar-refractivity contribution in [3.8, 4) is 5.75 Å². The lowest BCUT2D eigenvalue weighted by molar-refractivity contribution is -0.117. The lowest BCUT2D eigenvalue weighted by Crippen LogP contribution is -2.25. The van der Waals surface area contributed by atoms with Gasteiger partial charge in [0.1, 0.15) is 5.75 Å². The maximum atomic E-state index is 12.1. The van der Waals surface area contributed by atoms with Gasteiger partial charge in [-0.25, -0.2) is 4.79 Å². The van der Waals surface area contributed by atoms with Crippen molar-refractivity contribution in [2.24, 2.45) is 0 Å². The van der Waals surface area contributed by atoms with E-state index in [1.807, 2.05) is 18.2 Å². The van der Waals surface area contributed by atoms with Gasteiger partial charge in [-0.3, -0.25) is 14.5 Å². The predicted molar refractivity (Wildman–Crippen MR) is 114 cm³/mol. The molecule has 0 atom stereocenters. The monoisotopic (exact) mass is 411 g/mol. The van der Waals surface area contributed by atoms with Crippen molar-refractivity contribution in [2.45, 2.75) is 25.7 Å². The molecular formula is C22H25N3O5. The summed E-state index contributed by atoms with van der Waals surface area (Å²) in [6, 6.07) is 12.5. The van der Waals surface area contributed by atoms with Gasteiger partial charge in [-0.05, 0) is 60.9 Å². The third kappa shape index (κ3) is 5.50. The third-order valence-electron chi connectivity index (χ3n) is 4.78. The molecule has 2 aromatic rings. The smallest absolute Gasteiger partial charge is 0.413 e. The highest BCUT2D eigenvalue weighted by atomic mass is 16.5. The zero-order valence-electron chi connectivity index (χ0n) is 17.1. The lowest BCUT2D eigenvalue weighted by Gasteiger charge is -2.17. The Morgan fingerprint density at radius 3 is 2.63 bits per heavy atom. The standard InChI is InChI=1S/C22H25N3O5/c1-25(22(28)29-2)17-8-6-16(7-9-17)23-20(26)4-3-13-30-18-10-11-19-15(14-18)5-12-21(27)24-19/h6-11,14H,3-5,12-13H2,1-2H3,(H,23,26)(H,24,27). The van der Waals surface area contributed by atoms with E-state index in [0.29, 0.717) is 43.7 Å². The Labute approximate surface area is 175 Å². The summed E-state index contributed by atoms with van der Waals surface area (Å²) in [5, 5.41) is 5.66. The van der Waals surface area contributed by atoms with Crippen molar-refractivity contribution in [2.75, 3.05) is 36.3 Å². The van der Waals surface area contributed by atoms with Crippen LogP contribution in [0.5, 0.6) is 5.75 Å². The first-order valence-electron chi connectivity index (χ1n) is 9.73. The number of carbonyl (C=O) groups is 3. The van der Waals surface area contributed by atoms with Crippen LogP contribution in [0.25, 0.3) is 0 Å². The fourth-order valence-electron chi connectivity index (χ4n) is 3.11. The van der Waals surface area contributed by atoms with Gasteiger partial charge in [0, 0.05) is 37.0 Å². The molecule has 1 aliphatic rings. The summed E-state index contributed by atoms with van der Waals surface area (Å²) in [6.07, 6.45) is 1.62. The van der Waals surface area contributed by atoms with Crippen LogP contribution in [0.15, 0.2) is 42.5 Å². The molecule has 0 aliphatic carbocycles. The molecule has 1 aliphatic heterocycles. The van der Waals surface area contributed by atoms with Crippen LogP contribution in [-0.4, -0.2) is 38.7 Å². The second-order valence-corrected chi connectivity index (χ2v) is 6.94. The Balaban J connectivity index is 1.41. The van der Waals surface area contributed by atoms with Gasteiger partial charge < -0.3 is 20.1 Å². The SMILES string of the molecule is COC(=O)N(C)c1ccc(NC(=O)CCCOc2ccc3c(c2)CCC(=O)N3)cc1. The van der Waals surface area contributed by atoms with Gasteiger partial charge >= 0.3 is 6.09 Å². The molecule has 0 radical (unpaired) electrons. The van der Waals surface area contributed by atoms with E-state index in [1.54, 1.807) is 31.3 Å². The molecule has 1 heterocycles. The van der Waals surface area contributed by atoms with E-state index in [0.717, 1.165) is 17.0 Å².